The number of halogens is 1. The van der Waals surface area contributed by atoms with E-state index < -0.39 is 10.0 Å². The summed E-state index contributed by atoms with van der Waals surface area (Å²) < 4.78 is 40.9. The number of ether oxygens (including phenoxy) is 2. The van der Waals surface area contributed by atoms with Gasteiger partial charge in [0.1, 0.15) is 27.5 Å². The Kier molecular flexibility index (Phi) is 9.18. The lowest BCUT2D eigenvalue weighted by Gasteiger charge is -2.20. The predicted octanol–water partition coefficient (Wildman–Crippen LogP) is 5.57. The molecule has 12 heteroatoms. The van der Waals surface area contributed by atoms with Gasteiger partial charge >= 0.3 is 0 Å². The third-order valence-corrected chi connectivity index (χ3v) is 9.08. The van der Waals surface area contributed by atoms with Gasteiger partial charge in [-0.2, -0.15) is 4.98 Å². The molecule has 3 N–H and O–H groups in total. The average molecular weight is 601 g/mol. The lowest BCUT2D eigenvalue weighted by molar-refractivity contribution is 0.192. The van der Waals surface area contributed by atoms with Crippen molar-refractivity contribution in [2.24, 2.45) is 5.92 Å². The van der Waals surface area contributed by atoms with Crippen molar-refractivity contribution in [3.8, 4) is 11.5 Å². The van der Waals surface area contributed by atoms with E-state index in [2.05, 4.69) is 44.3 Å². The Hall–Kier alpha value is -3.12. The minimum atomic E-state index is -3.72. The summed E-state index contributed by atoms with van der Waals surface area (Å²) in [5.41, 5.74) is 1.03. The van der Waals surface area contributed by atoms with E-state index in [0.717, 1.165) is 37.9 Å². The standard InChI is InChI=1S/C29H37ClN6O4S/c1-4-39-26-16-22(40-21-12-11-20(15-21)36(2)3)13-14-24(26)34-29-31-18-23(30)28(35-29)33-25-7-5-6-8-27(25)41(37,38)32-17-19-9-10-19/h5-8,13-14,16,18-21,32H,4,9-12,15,17H2,1-3H3,(H2,31,33,34,35)/t20-,21?/m0/s1. The lowest BCUT2D eigenvalue weighted by atomic mass is 10.2. The molecule has 1 unspecified atom stereocenters. The number of sulfonamides is 1. The van der Waals surface area contributed by atoms with E-state index in [1.807, 2.05) is 25.1 Å². The number of hydrogen-bond acceptors (Lipinski definition) is 9. The van der Waals surface area contributed by atoms with Gasteiger partial charge in [0.15, 0.2) is 5.82 Å². The Morgan fingerprint density at radius 2 is 1.85 bits per heavy atom. The largest absolute Gasteiger partial charge is 0.492 e. The van der Waals surface area contributed by atoms with Gasteiger partial charge in [-0.3, -0.25) is 0 Å². The monoisotopic (exact) mass is 600 g/mol. The molecule has 2 aliphatic rings. The summed E-state index contributed by atoms with van der Waals surface area (Å²) in [5, 5.41) is 6.53. The van der Waals surface area contributed by atoms with Crippen molar-refractivity contribution in [1.29, 1.82) is 0 Å². The fraction of sp³-hybridized carbons (Fsp3) is 0.448. The Balaban J connectivity index is 1.32. The van der Waals surface area contributed by atoms with Crippen molar-refractivity contribution in [3.05, 3.63) is 53.7 Å². The van der Waals surface area contributed by atoms with Gasteiger partial charge in [0.25, 0.3) is 0 Å². The Morgan fingerprint density at radius 1 is 1.05 bits per heavy atom. The third kappa shape index (κ3) is 7.59. The van der Waals surface area contributed by atoms with Crippen LogP contribution in [-0.4, -0.2) is 62.7 Å². The first-order chi connectivity index (χ1) is 19.7. The van der Waals surface area contributed by atoms with Gasteiger partial charge in [-0.1, -0.05) is 23.7 Å². The first-order valence-corrected chi connectivity index (χ1v) is 15.8. The molecule has 1 aromatic heterocycles. The zero-order valence-corrected chi connectivity index (χ0v) is 25.1. The molecule has 2 fully saturated rings. The van der Waals surface area contributed by atoms with E-state index in [-0.39, 0.29) is 27.8 Å². The third-order valence-electron chi connectivity index (χ3n) is 7.32. The van der Waals surface area contributed by atoms with Crippen molar-refractivity contribution in [3.63, 3.8) is 0 Å². The molecule has 0 amide bonds. The van der Waals surface area contributed by atoms with E-state index in [0.29, 0.717) is 42.2 Å². The van der Waals surface area contributed by atoms with Gasteiger partial charge in [-0.15, -0.1) is 0 Å². The number of para-hydroxylation sites is 1. The van der Waals surface area contributed by atoms with Crippen LogP contribution in [0.25, 0.3) is 0 Å². The molecule has 2 atom stereocenters. The highest BCUT2D eigenvalue weighted by Crippen LogP contribution is 2.35. The molecular formula is C29H37ClN6O4S. The number of rotatable bonds is 13. The van der Waals surface area contributed by atoms with Crippen molar-refractivity contribution < 1.29 is 17.9 Å². The van der Waals surface area contributed by atoms with Gasteiger partial charge in [0.05, 0.1) is 24.2 Å². The first-order valence-electron chi connectivity index (χ1n) is 14.0. The van der Waals surface area contributed by atoms with Gasteiger partial charge in [-0.05, 0) is 83.3 Å². The van der Waals surface area contributed by atoms with Gasteiger partial charge < -0.3 is 25.0 Å². The molecule has 0 aliphatic heterocycles. The van der Waals surface area contributed by atoms with E-state index >= 15 is 0 Å². The summed E-state index contributed by atoms with van der Waals surface area (Å²) in [6, 6.07) is 12.8. The van der Waals surface area contributed by atoms with Crippen molar-refractivity contribution in [1.82, 2.24) is 19.6 Å². The molecule has 10 nitrogen and oxygen atoms in total. The maximum Gasteiger partial charge on any atom is 0.242 e. The second kappa shape index (κ2) is 12.8. The fourth-order valence-electron chi connectivity index (χ4n) is 4.83. The number of benzene rings is 2. The van der Waals surface area contributed by atoms with Crippen LogP contribution < -0.4 is 24.8 Å². The number of anilines is 4. The van der Waals surface area contributed by atoms with Crippen LogP contribution in [0.1, 0.15) is 39.0 Å². The Morgan fingerprint density at radius 3 is 2.59 bits per heavy atom. The lowest BCUT2D eigenvalue weighted by Crippen LogP contribution is -2.26. The second-order valence-electron chi connectivity index (χ2n) is 10.7. The second-order valence-corrected chi connectivity index (χ2v) is 12.8. The maximum atomic E-state index is 13.0. The summed E-state index contributed by atoms with van der Waals surface area (Å²) in [5.74, 6) is 2.30. The van der Waals surface area contributed by atoms with E-state index in [1.165, 1.54) is 6.20 Å². The van der Waals surface area contributed by atoms with Crippen molar-refractivity contribution >= 4 is 44.8 Å². The Bertz CT molecular complexity index is 1470. The number of hydrogen-bond donors (Lipinski definition) is 3. The summed E-state index contributed by atoms with van der Waals surface area (Å²) >= 11 is 6.41. The highest BCUT2D eigenvalue weighted by molar-refractivity contribution is 7.89. The van der Waals surface area contributed by atoms with E-state index in [9.17, 15) is 8.42 Å². The summed E-state index contributed by atoms with van der Waals surface area (Å²) in [4.78, 5) is 11.2. The molecule has 2 aromatic carbocycles. The van der Waals surface area contributed by atoms with Crippen LogP contribution in [0.2, 0.25) is 5.02 Å². The zero-order chi connectivity index (χ0) is 29.0. The van der Waals surface area contributed by atoms with Crippen LogP contribution in [0, 0.1) is 5.92 Å². The summed E-state index contributed by atoms with van der Waals surface area (Å²) in [6.07, 6.45) is 6.85. The number of nitrogens with one attached hydrogen (secondary N) is 3. The Labute approximate surface area is 246 Å². The van der Waals surface area contributed by atoms with E-state index in [4.69, 9.17) is 21.1 Å². The molecule has 0 spiro atoms. The molecule has 2 aliphatic carbocycles. The van der Waals surface area contributed by atoms with Crippen LogP contribution in [0.3, 0.4) is 0 Å². The molecule has 5 rings (SSSR count). The van der Waals surface area contributed by atoms with Crippen LogP contribution in [0.5, 0.6) is 11.5 Å². The summed E-state index contributed by atoms with van der Waals surface area (Å²) in [7, 11) is 0.496. The minimum Gasteiger partial charge on any atom is -0.492 e. The van der Waals surface area contributed by atoms with Crippen LogP contribution in [0.15, 0.2) is 53.6 Å². The highest BCUT2D eigenvalue weighted by atomic mass is 35.5. The SMILES string of the molecule is CCOc1cc(OC2CC[C@H](N(C)C)C2)ccc1Nc1ncc(Cl)c(Nc2ccccc2S(=O)(=O)NCC2CC2)n1. The quantitative estimate of drug-likeness (QED) is 0.231. The highest BCUT2D eigenvalue weighted by Gasteiger charge is 2.28. The minimum absolute atomic E-state index is 0.123. The molecule has 220 valence electrons. The average Bonchev–Trinajstić information content (AvgIpc) is 3.67. The van der Waals surface area contributed by atoms with Crippen molar-refractivity contribution in [2.75, 3.05) is 37.9 Å². The van der Waals surface area contributed by atoms with E-state index in [1.54, 1.807) is 24.3 Å². The molecule has 41 heavy (non-hydrogen) atoms. The number of nitrogens with zero attached hydrogens (tertiary/aromatic N) is 3. The normalized spacial score (nSPS) is 18.9. The van der Waals surface area contributed by atoms with Crippen LogP contribution >= 0.6 is 11.6 Å². The zero-order valence-electron chi connectivity index (χ0n) is 23.6. The first kappa shape index (κ1) is 29.4. The molecule has 1 heterocycles. The fourth-order valence-corrected chi connectivity index (χ4v) is 6.25. The van der Waals surface area contributed by atoms with Gasteiger partial charge in [0, 0.05) is 18.7 Å². The molecule has 0 radical (unpaired) electrons. The topological polar surface area (TPSA) is 118 Å². The predicted molar refractivity (Wildman–Crippen MR) is 161 cm³/mol. The van der Waals surface area contributed by atoms with Crippen LogP contribution in [-0.2, 0) is 10.0 Å². The smallest absolute Gasteiger partial charge is 0.242 e. The van der Waals surface area contributed by atoms with Gasteiger partial charge in [-0.25, -0.2) is 18.1 Å². The molecule has 0 saturated heterocycles. The molecule has 0 bridgehead atoms. The molecular weight excluding hydrogens is 564 g/mol. The van der Waals surface area contributed by atoms with Crippen LogP contribution in [0.4, 0.5) is 23.1 Å². The molecule has 2 saturated carbocycles. The van der Waals surface area contributed by atoms with Crippen molar-refractivity contribution in [2.45, 2.75) is 56.1 Å². The summed E-state index contributed by atoms with van der Waals surface area (Å²) in [6.45, 7) is 2.82. The number of aromatic nitrogens is 2. The maximum absolute atomic E-state index is 13.0. The van der Waals surface area contributed by atoms with Gasteiger partial charge in [0.2, 0.25) is 16.0 Å². The molecule has 3 aromatic rings.